The molecule has 2 aliphatic heterocycles. The Kier molecular flexibility index (Phi) is 4.51. The molecule has 0 aromatic carbocycles. The summed E-state index contributed by atoms with van der Waals surface area (Å²) < 4.78 is 5.52. The molecule has 0 saturated carbocycles. The van der Waals surface area contributed by atoms with E-state index in [2.05, 4.69) is 15.5 Å². The molecule has 1 N–H and O–H groups in total. The van der Waals surface area contributed by atoms with Crippen LogP contribution in [-0.4, -0.2) is 45.8 Å². The molecule has 3 heterocycles. The zero-order valence-corrected chi connectivity index (χ0v) is 12.8. The van der Waals surface area contributed by atoms with Crippen molar-refractivity contribution in [1.29, 1.82) is 0 Å². The van der Waals surface area contributed by atoms with Crippen LogP contribution >= 0.6 is 23.1 Å². The number of rotatable bonds is 4. The average Bonchev–Trinajstić information content (AvgIpc) is 3.12. The minimum atomic E-state index is -0.282. The monoisotopic (exact) mass is 326 g/mol. The molecule has 0 spiro atoms. The number of nitrogens with one attached hydrogen (secondary N) is 1. The van der Waals surface area contributed by atoms with Gasteiger partial charge in [-0.2, -0.15) is 0 Å². The number of nitrogens with zero attached hydrogens (tertiary/aromatic N) is 3. The Bertz CT molecular complexity index is 569. The molecule has 0 aliphatic carbocycles. The van der Waals surface area contributed by atoms with Crippen molar-refractivity contribution in [2.24, 2.45) is 0 Å². The fraction of sp³-hybridized carbons (Fsp3) is 0.500. The molecular formula is C12H14N4O3S2. The first kappa shape index (κ1) is 14.5. The van der Waals surface area contributed by atoms with E-state index in [1.807, 2.05) is 0 Å². The number of carbonyl (C=O) groups is 2. The maximum absolute atomic E-state index is 11.9. The van der Waals surface area contributed by atoms with Gasteiger partial charge in [-0.05, 0) is 18.2 Å². The molecule has 21 heavy (non-hydrogen) atoms. The van der Waals surface area contributed by atoms with Crippen LogP contribution in [0.3, 0.4) is 0 Å². The van der Waals surface area contributed by atoms with E-state index in [0.29, 0.717) is 10.9 Å². The second-order valence-electron chi connectivity index (χ2n) is 4.61. The van der Waals surface area contributed by atoms with Crippen LogP contribution in [0.4, 0.5) is 5.13 Å². The van der Waals surface area contributed by atoms with Gasteiger partial charge in [-0.1, -0.05) is 11.3 Å². The molecule has 2 aliphatic rings. The van der Waals surface area contributed by atoms with Crippen LogP contribution < -0.4 is 5.32 Å². The van der Waals surface area contributed by atoms with Crippen LogP contribution in [0, 0.1) is 0 Å². The van der Waals surface area contributed by atoms with Gasteiger partial charge in [0.15, 0.2) is 0 Å². The van der Waals surface area contributed by atoms with Gasteiger partial charge in [0.1, 0.15) is 17.7 Å². The number of ether oxygens (including phenoxy) is 1. The van der Waals surface area contributed by atoms with Crippen molar-refractivity contribution in [1.82, 2.24) is 15.1 Å². The lowest BCUT2D eigenvalue weighted by Crippen LogP contribution is -2.36. The van der Waals surface area contributed by atoms with E-state index in [1.165, 1.54) is 28.0 Å². The Hall–Kier alpha value is -1.45. The van der Waals surface area contributed by atoms with E-state index in [4.69, 9.17) is 4.74 Å². The van der Waals surface area contributed by atoms with Crippen LogP contribution in [0.2, 0.25) is 0 Å². The number of anilines is 1. The molecular weight excluding hydrogens is 312 g/mol. The summed E-state index contributed by atoms with van der Waals surface area (Å²) in [6.45, 7) is 0.734. The Morgan fingerprint density at radius 3 is 3.19 bits per heavy atom. The largest absolute Gasteiger partial charge is 0.371 e. The standard InChI is InChI=1S/C12H14N4O3S2/c17-9(6-16-3-5-20-7-10(16)18)13-12-15-14-11(21-12)8-2-1-4-19-8/h3,5,8H,1-2,4,6-7H2,(H,13,15,17). The van der Waals surface area contributed by atoms with E-state index in [9.17, 15) is 9.59 Å². The molecule has 1 saturated heterocycles. The smallest absolute Gasteiger partial charge is 0.246 e. The predicted molar refractivity (Wildman–Crippen MR) is 79.8 cm³/mol. The van der Waals surface area contributed by atoms with Gasteiger partial charge in [-0.15, -0.1) is 22.0 Å². The molecule has 0 bridgehead atoms. The highest BCUT2D eigenvalue weighted by Gasteiger charge is 2.23. The average molecular weight is 326 g/mol. The number of aromatic nitrogens is 2. The van der Waals surface area contributed by atoms with Gasteiger partial charge in [-0.3, -0.25) is 14.9 Å². The second kappa shape index (κ2) is 6.54. The lowest BCUT2D eigenvalue weighted by molar-refractivity contribution is -0.129. The highest BCUT2D eigenvalue weighted by molar-refractivity contribution is 8.02. The van der Waals surface area contributed by atoms with E-state index in [-0.39, 0.29) is 24.5 Å². The van der Waals surface area contributed by atoms with Crippen LogP contribution in [0.1, 0.15) is 24.0 Å². The minimum absolute atomic E-state index is 0.00298. The Balaban J connectivity index is 1.56. The summed E-state index contributed by atoms with van der Waals surface area (Å²) in [4.78, 5) is 24.9. The fourth-order valence-electron chi connectivity index (χ4n) is 2.04. The summed E-state index contributed by atoms with van der Waals surface area (Å²) in [6, 6.07) is 0. The highest BCUT2D eigenvalue weighted by Crippen LogP contribution is 2.31. The first-order valence-electron chi connectivity index (χ1n) is 6.55. The van der Waals surface area contributed by atoms with Crippen molar-refractivity contribution >= 4 is 40.0 Å². The third-order valence-electron chi connectivity index (χ3n) is 3.07. The molecule has 1 aromatic heterocycles. The molecule has 1 fully saturated rings. The van der Waals surface area contributed by atoms with E-state index < -0.39 is 0 Å². The normalized spacial score (nSPS) is 21.8. The Morgan fingerprint density at radius 1 is 1.52 bits per heavy atom. The summed E-state index contributed by atoms with van der Waals surface area (Å²) in [5, 5.41) is 13.7. The van der Waals surface area contributed by atoms with Crippen LogP contribution in [0.15, 0.2) is 11.6 Å². The summed E-state index contributed by atoms with van der Waals surface area (Å²) in [5.41, 5.74) is 0. The van der Waals surface area contributed by atoms with E-state index in [1.54, 1.807) is 11.6 Å². The molecule has 7 nitrogen and oxygen atoms in total. The number of carbonyl (C=O) groups excluding carboxylic acids is 2. The SMILES string of the molecule is O=C(CN1C=CSCC1=O)Nc1nnc(C2CCCO2)s1. The lowest BCUT2D eigenvalue weighted by Gasteiger charge is -2.19. The number of hydrogen-bond donors (Lipinski definition) is 1. The summed E-state index contributed by atoms with van der Waals surface area (Å²) in [6.07, 6.45) is 3.58. The maximum Gasteiger partial charge on any atom is 0.246 e. The first-order valence-corrected chi connectivity index (χ1v) is 8.41. The molecule has 1 atom stereocenters. The van der Waals surface area contributed by atoms with Gasteiger partial charge in [0.25, 0.3) is 0 Å². The molecule has 112 valence electrons. The third kappa shape index (κ3) is 3.60. The van der Waals surface area contributed by atoms with E-state index >= 15 is 0 Å². The number of hydrogen-bond acceptors (Lipinski definition) is 7. The predicted octanol–water partition coefficient (Wildman–Crippen LogP) is 1.37. The number of thioether (sulfide) groups is 1. The zero-order valence-electron chi connectivity index (χ0n) is 11.2. The van der Waals surface area contributed by atoms with Crippen molar-refractivity contribution < 1.29 is 14.3 Å². The van der Waals surface area contributed by atoms with Gasteiger partial charge >= 0.3 is 0 Å². The van der Waals surface area contributed by atoms with Crippen LogP contribution in [0.5, 0.6) is 0 Å². The lowest BCUT2D eigenvalue weighted by atomic mass is 10.2. The maximum atomic E-state index is 11.9. The number of amides is 2. The molecule has 2 amide bonds. The minimum Gasteiger partial charge on any atom is -0.371 e. The van der Waals surface area contributed by atoms with Gasteiger partial charge in [-0.25, -0.2) is 0 Å². The molecule has 1 unspecified atom stereocenters. The Morgan fingerprint density at radius 2 is 2.43 bits per heavy atom. The first-order chi connectivity index (χ1) is 10.2. The molecule has 0 radical (unpaired) electrons. The summed E-state index contributed by atoms with van der Waals surface area (Å²) >= 11 is 2.73. The van der Waals surface area contributed by atoms with Crippen molar-refractivity contribution in [3.8, 4) is 0 Å². The van der Waals surface area contributed by atoms with Gasteiger partial charge in [0.2, 0.25) is 16.9 Å². The van der Waals surface area contributed by atoms with Crippen LogP contribution in [0.25, 0.3) is 0 Å². The van der Waals surface area contributed by atoms with Crippen molar-refractivity contribution in [3.05, 3.63) is 16.6 Å². The van der Waals surface area contributed by atoms with Gasteiger partial charge in [0.05, 0.1) is 5.75 Å². The zero-order chi connectivity index (χ0) is 14.7. The topological polar surface area (TPSA) is 84.4 Å². The van der Waals surface area contributed by atoms with Gasteiger partial charge in [0, 0.05) is 12.8 Å². The van der Waals surface area contributed by atoms with Crippen molar-refractivity contribution in [3.63, 3.8) is 0 Å². The third-order valence-corrected chi connectivity index (χ3v) is 4.73. The fourth-order valence-corrected chi connectivity index (χ4v) is 3.53. The highest BCUT2D eigenvalue weighted by atomic mass is 32.2. The summed E-state index contributed by atoms with van der Waals surface area (Å²) in [5.74, 6) is 0.0102. The molecule has 1 aromatic rings. The van der Waals surface area contributed by atoms with Gasteiger partial charge < -0.3 is 9.64 Å². The van der Waals surface area contributed by atoms with Crippen molar-refractivity contribution in [2.45, 2.75) is 18.9 Å². The van der Waals surface area contributed by atoms with E-state index in [0.717, 1.165) is 24.5 Å². The summed E-state index contributed by atoms with van der Waals surface area (Å²) in [7, 11) is 0. The molecule has 9 heteroatoms. The Labute approximate surface area is 129 Å². The van der Waals surface area contributed by atoms with Crippen molar-refractivity contribution in [2.75, 3.05) is 24.2 Å². The van der Waals surface area contributed by atoms with Crippen LogP contribution in [-0.2, 0) is 14.3 Å². The quantitative estimate of drug-likeness (QED) is 0.900. The second-order valence-corrected chi connectivity index (χ2v) is 6.52. The molecule has 3 rings (SSSR count).